The summed E-state index contributed by atoms with van der Waals surface area (Å²) in [6, 6.07) is 10.8. The Bertz CT molecular complexity index is 1750. The Morgan fingerprint density at radius 1 is 1.04 bits per heavy atom. The molecule has 0 aliphatic carbocycles. The van der Waals surface area contributed by atoms with Crippen LogP contribution in [0.1, 0.15) is 53.5 Å². The van der Waals surface area contributed by atoms with Crippen molar-refractivity contribution in [2.45, 2.75) is 59.5 Å². The topological polar surface area (TPSA) is 129 Å². The number of piperazine rings is 1. The van der Waals surface area contributed by atoms with Crippen molar-refractivity contribution < 1.29 is 18.1 Å². The van der Waals surface area contributed by atoms with Crippen LogP contribution in [0.2, 0.25) is 0 Å². The molecular weight excluding hydrogens is 678 g/mol. The Hall–Kier alpha value is -4.05. The molecule has 2 N–H and O–H groups in total. The van der Waals surface area contributed by atoms with Crippen molar-refractivity contribution in [2.75, 3.05) is 61.8 Å². The van der Waals surface area contributed by atoms with Gasteiger partial charge >= 0.3 is 0 Å². The third-order valence-electron chi connectivity index (χ3n) is 7.59. The van der Waals surface area contributed by atoms with E-state index in [4.69, 9.17) is 9.97 Å². The number of nitrogens with one attached hydrogen (secondary N) is 2. The monoisotopic (exact) mass is 725 g/mol. The van der Waals surface area contributed by atoms with Crippen molar-refractivity contribution >= 4 is 52.1 Å². The molecule has 4 aromatic rings. The number of aromatic nitrogens is 4. The van der Waals surface area contributed by atoms with Gasteiger partial charge in [-0.1, -0.05) is 33.8 Å². The number of hydrogen-bond acceptors (Lipinski definition) is 11. The van der Waals surface area contributed by atoms with Crippen LogP contribution in [0.15, 0.2) is 48.8 Å². The fourth-order valence-electron chi connectivity index (χ4n) is 4.60. The van der Waals surface area contributed by atoms with Crippen molar-refractivity contribution in [3.63, 3.8) is 0 Å². The molecule has 1 aliphatic rings. The highest BCUT2D eigenvalue weighted by Crippen LogP contribution is 2.42. The molecular formula is C35H48FN9O3S2. The lowest BCUT2D eigenvalue weighted by Gasteiger charge is -2.33. The van der Waals surface area contributed by atoms with Crippen LogP contribution in [-0.2, 0) is 26.1 Å². The third kappa shape index (κ3) is 10.5. The van der Waals surface area contributed by atoms with Gasteiger partial charge in [0, 0.05) is 56.9 Å². The quantitative estimate of drug-likeness (QED) is 0.175. The molecule has 5 rings (SSSR count). The van der Waals surface area contributed by atoms with Gasteiger partial charge < -0.3 is 19.9 Å². The van der Waals surface area contributed by atoms with Gasteiger partial charge in [0.2, 0.25) is 5.95 Å². The molecule has 50 heavy (non-hydrogen) atoms. The van der Waals surface area contributed by atoms with Gasteiger partial charge in [0.25, 0.3) is 6.47 Å². The summed E-state index contributed by atoms with van der Waals surface area (Å²) in [6.07, 6.45) is 3.53. The maximum Gasteiger partial charge on any atom is 0.293 e. The summed E-state index contributed by atoms with van der Waals surface area (Å²) in [5, 5.41) is 4.05. The van der Waals surface area contributed by atoms with Gasteiger partial charge in [-0.25, -0.2) is 32.8 Å². The minimum atomic E-state index is -1.58. The van der Waals surface area contributed by atoms with Gasteiger partial charge in [0.05, 0.1) is 38.8 Å². The Morgan fingerprint density at radius 3 is 2.34 bits per heavy atom. The number of ether oxygens (including phenoxy) is 1. The van der Waals surface area contributed by atoms with E-state index in [9.17, 15) is 9.00 Å². The fourth-order valence-corrected chi connectivity index (χ4v) is 6.44. The van der Waals surface area contributed by atoms with E-state index in [0.29, 0.717) is 41.7 Å². The molecule has 15 heteroatoms. The number of carbonyl (C=O) groups is 1. The van der Waals surface area contributed by atoms with E-state index in [0.717, 1.165) is 41.8 Å². The van der Waals surface area contributed by atoms with Gasteiger partial charge in [0.1, 0.15) is 11.4 Å². The van der Waals surface area contributed by atoms with E-state index < -0.39 is 17.0 Å². The van der Waals surface area contributed by atoms with E-state index in [1.807, 2.05) is 40.0 Å². The Morgan fingerprint density at radius 2 is 1.76 bits per heavy atom. The van der Waals surface area contributed by atoms with Gasteiger partial charge in [-0.05, 0) is 58.2 Å². The minimum Gasteiger partial charge on any atom is -0.462 e. The smallest absolute Gasteiger partial charge is 0.293 e. The van der Waals surface area contributed by atoms with Gasteiger partial charge in [-0.3, -0.25) is 9.52 Å². The number of anilines is 4. The van der Waals surface area contributed by atoms with E-state index in [-0.39, 0.29) is 16.7 Å². The number of halogens is 1. The molecule has 1 aromatic carbocycles. The molecule has 12 nitrogen and oxygen atoms in total. The molecule has 270 valence electrons. The lowest BCUT2D eigenvalue weighted by Crippen LogP contribution is -2.44. The predicted octanol–water partition coefficient (Wildman–Crippen LogP) is 6.49. The van der Waals surface area contributed by atoms with Gasteiger partial charge in [0.15, 0.2) is 17.0 Å². The molecule has 1 aliphatic heterocycles. The summed E-state index contributed by atoms with van der Waals surface area (Å²) in [6.45, 7) is 18.6. The summed E-state index contributed by atoms with van der Waals surface area (Å²) in [5.41, 5.74) is 2.04. The van der Waals surface area contributed by atoms with E-state index in [1.54, 1.807) is 41.8 Å². The van der Waals surface area contributed by atoms with Crippen molar-refractivity contribution in [3.05, 3.63) is 59.6 Å². The summed E-state index contributed by atoms with van der Waals surface area (Å²) in [4.78, 5) is 33.6. The Balaban J connectivity index is 0.000000727. The van der Waals surface area contributed by atoms with Crippen LogP contribution in [-0.4, -0.2) is 92.2 Å². The standard InChI is InChI=1S/C30H38FN9OS2.C5H10O2/c1-7-39(6)43(41)37-22-10-8-9-21(25(22)31)26-27(42-28(36-26)30(2,3)4)23-13-14-32-29(34-23)35-24-12-11-20(19-33-24)40-17-15-38(5)16-18-40;1-5(2,3)7-4-6/h8-14,19,37H,7,15-18H2,1-6H3,(H,32,33,34,35);4H,1-3H3. The zero-order chi connectivity index (χ0) is 36.6. The van der Waals surface area contributed by atoms with Gasteiger partial charge in [-0.2, -0.15) is 0 Å². The van der Waals surface area contributed by atoms with Crippen LogP contribution in [0.3, 0.4) is 0 Å². The van der Waals surface area contributed by atoms with Crippen molar-refractivity contribution in [2.24, 2.45) is 0 Å². The van der Waals surface area contributed by atoms with E-state index in [1.165, 1.54) is 11.3 Å². The highest BCUT2D eigenvalue weighted by molar-refractivity contribution is 7.84. The number of thiazole rings is 1. The second kappa shape index (κ2) is 16.8. The minimum absolute atomic E-state index is 0.142. The molecule has 0 spiro atoms. The SMILES string of the molecule is CC(C)(C)OC=O.CCN(C)S(=O)Nc1cccc(-c2nc(C(C)(C)C)sc2-c2ccnc(Nc3ccc(N4CCN(C)CC4)cn3)n2)c1F. The summed E-state index contributed by atoms with van der Waals surface area (Å²) < 4.78 is 37.4. The van der Waals surface area contributed by atoms with Crippen LogP contribution in [0.4, 0.5) is 27.5 Å². The second-order valence-corrected chi connectivity index (χ2v) is 16.1. The number of nitrogens with zero attached hydrogens (tertiary/aromatic N) is 7. The predicted molar refractivity (Wildman–Crippen MR) is 201 cm³/mol. The van der Waals surface area contributed by atoms with E-state index >= 15 is 4.39 Å². The van der Waals surface area contributed by atoms with Crippen molar-refractivity contribution in [3.8, 4) is 21.8 Å². The van der Waals surface area contributed by atoms with Gasteiger partial charge in [-0.15, -0.1) is 11.3 Å². The first-order valence-corrected chi connectivity index (χ1v) is 18.3. The highest BCUT2D eigenvalue weighted by atomic mass is 32.2. The number of carbonyl (C=O) groups excluding carboxylic acids is 1. The Labute approximate surface area is 301 Å². The van der Waals surface area contributed by atoms with Crippen LogP contribution in [0, 0.1) is 5.82 Å². The van der Waals surface area contributed by atoms with Crippen LogP contribution in [0.25, 0.3) is 21.8 Å². The van der Waals surface area contributed by atoms with Crippen molar-refractivity contribution in [1.29, 1.82) is 0 Å². The molecule has 3 aromatic heterocycles. The number of rotatable bonds is 10. The summed E-state index contributed by atoms with van der Waals surface area (Å²) in [7, 11) is 3.84. The molecule has 1 atom stereocenters. The number of likely N-dealkylation sites (N-methyl/N-ethyl adjacent to an activating group) is 1. The number of hydrogen-bond donors (Lipinski definition) is 2. The average molecular weight is 726 g/mol. The molecule has 0 amide bonds. The average Bonchev–Trinajstić information content (AvgIpc) is 3.52. The van der Waals surface area contributed by atoms with E-state index in [2.05, 4.69) is 68.4 Å². The molecule has 1 unspecified atom stereocenters. The van der Waals surface area contributed by atoms with Crippen LogP contribution >= 0.6 is 11.3 Å². The lowest BCUT2D eigenvalue weighted by molar-refractivity contribution is -0.138. The second-order valence-electron chi connectivity index (χ2n) is 13.8. The summed E-state index contributed by atoms with van der Waals surface area (Å²) >= 11 is -0.107. The van der Waals surface area contributed by atoms with Crippen molar-refractivity contribution in [1.82, 2.24) is 29.1 Å². The molecule has 4 heterocycles. The first-order chi connectivity index (χ1) is 23.6. The zero-order valence-electron chi connectivity index (χ0n) is 30.3. The maximum absolute atomic E-state index is 15.9. The maximum atomic E-state index is 15.9. The van der Waals surface area contributed by atoms with Crippen LogP contribution < -0.4 is 14.9 Å². The molecule has 1 saturated heterocycles. The molecule has 1 fully saturated rings. The molecule has 0 saturated carbocycles. The largest absolute Gasteiger partial charge is 0.462 e. The molecule has 0 radical (unpaired) electrons. The Kier molecular flexibility index (Phi) is 13.0. The zero-order valence-corrected chi connectivity index (χ0v) is 31.9. The number of benzene rings is 1. The number of pyridine rings is 1. The highest BCUT2D eigenvalue weighted by Gasteiger charge is 2.26. The third-order valence-corrected chi connectivity index (χ3v) is 10.3. The first kappa shape index (κ1) is 38.7. The van der Waals surface area contributed by atoms with Crippen LogP contribution in [0.5, 0.6) is 0 Å². The summed E-state index contributed by atoms with van der Waals surface area (Å²) in [5.74, 6) is 0.483. The normalized spacial score (nSPS) is 14.5. The lowest BCUT2D eigenvalue weighted by atomic mass is 9.98. The molecule has 0 bridgehead atoms. The first-order valence-electron chi connectivity index (χ1n) is 16.4. The fraction of sp³-hybridized carbons (Fsp3) is 0.457.